The molecule has 2 aliphatic rings. The molecule has 2 heteroatoms. The fraction of sp³-hybridized carbons (Fsp3) is 0.571. The Morgan fingerprint density at radius 2 is 2.12 bits per heavy atom. The van der Waals surface area contributed by atoms with E-state index in [0.29, 0.717) is 12.5 Å². The summed E-state index contributed by atoms with van der Waals surface area (Å²) in [5, 5.41) is 13.0. The van der Waals surface area contributed by atoms with E-state index in [1.807, 2.05) is 0 Å². The molecular weight excluding hydrogens is 198 g/mol. The number of aliphatic hydroxyl groups excluding tert-OH is 1. The summed E-state index contributed by atoms with van der Waals surface area (Å²) in [6.45, 7) is 2.54. The van der Waals surface area contributed by atoms with Crippen LogP contribution < -0.4 is 5.32 Å². The molecular formula is C14H19NO. The van der Waals surface area contributed by atoms with Crippen LogP contribution in [-0.4, -0.2) is 24.8 Å². The molecule has 1 saturated carbocycles. The lowest BCUT2D eigenvalue weighted by Gasteiger charge is -2.20. The van der Waals surface area contributed by atoms with E-state index in [-0.39, 0.29) is 5.41 Å². The Morgan fingerprint density at radius 1 is 1.31 bits per heavy atom. The van der Waals surface area contributed by atoms with Gasteiger partial charge in [0.05, 0.1) is 6.61 Å². The number of hydrogen-bond donors (Lipinski definition) is 2. The lowest BCUT2D eigenvalue weighted by atomic mass is 9.85. The molecule has 0 spiro atoms. The Bertz CT molecular complexity index is 378. The molecule has 86 valence electrons. The largest absolute Gasteiger partial charge is 0.395 e. The lowest BCUT2D eigenvalue weighted by molar-refractivity contribution is 0.254. The van der Waals surface area contributed by atoms with Gasteiger partial charge in [-0.05, 0) is 42.9 Å². The first-order valence-electron chi connectivity index (χ1n) is 6.27. The molecule has 2 N–H and O–H groups in total. The maximum Gasteiger partial charge on any atom is 0.0528 e. The summed E-state index contributed by atoms with van der Waals surface area (Å²) in [5.74, 6) is 0.653. The molecule has 0 bridgehead atoms. The number of rotatable bonds is 3. The molecule has 1 aromatic rings. The smallest absolute Gasteiger partial charge is 0.0528 e. The van der Waals surface area contributed by atoms with Crippen LogP contribution in [0.3, 0.4) is 0 Å². The highest BCUT2D eigenvalue weighted by Gasteiger charge is 2.45. The summed E-state index contributed by atoms with van der Waals surface area (Å²) < 4.78 is 0. The van der Waals surface area contributed by atoms with Crippen molar-refractivity contribution in [2.75, 3.05) is 19.7 Å². The summed E-state index contributed by atoms with van der Waals surface area (Å²) in [6, 6.07) is 8.71. The maximum atomic E-state index is 9.56. The first-order valence-corrected chi connectivity index (χ1v) is 6.27. The van der Waals surface area contributed by atoms with Crippen molar-refractivity contribution >= 4 is 0 Å². The van der Waals surface area contributed by atoms with Crippen LogP contribution in [0.15, 0.2) is 24.3 Å². The van der Waals surface area contributed by atoms with Crippen LogP contribution in [-0.2, 0) is 5.41 Å². The summed E-state index contributed by atoms with van der Waals surface area (Å²) in [5.41, 5.74) is 2.99. The minimum Gasteiger partial charge on any atom is -0.395 e. The molecule has 0 amide bonds. The van der Waals surface area contributed by atoms with Gasteiger partial charge in [0, 0.05) is 12.0 Å². The quantitative estimate of drug-likeness (QED) is 0.809. The van der Waals surface area contributed by atoms with Crippen LogP contribution in [0.5, 0.6) is 0 Å². The van der Waals surface area contributed by atoms with Crippen LogP contribution in [0.25, 0.3) is 0 Å². The molecule has 1 atom stereocenters. The van der Waals surface area contributed by atoms with Crippen LogP contribution in [0.4, 0.5) is 0 Å². The monoisotopic (exact) mass is 217 g/mol. The molecule has 1 aromatic carbocycles. The highest BCUT2D eigenvalue weighted by molar-refractivity contribution is 5.41. The SMILES string of the molecule is OCC1(c2ccccc2C2CCNC2)CC1. The number of aliphatic hydroxyl groups is 1. The normalized spacial score (nSPS) is 26.9. The molecule has 2 fully saturated rings. The molecule has 1 saturated heterocycles. The fourth-order valence-corrected chi connectivity index (χ4v) is 2.92. The third-order valence-corrected chi connectivity index (χ3v) is 4.19. The van der Waals surface area contributed by atoms with Crippen molar-refractivity contribution in [2.45, 2.75) is 30.6 Å². The topological polar surface area (TPSA) is 32.3 Å². The van der Waals surface area contributed by atoms with E-state index in [9.17, 15) is 5.11 Å². The van der Waals surface area contributed by atoms with Crippen LogP contribution in [0.2, 0.25) is 0 Å². The third kappa shape index (κ3) is 1.57. The van der Waals surface area contributed by atoms with Gasteiger partial charge in [0.2, 0.25) is 0 Å². The average molecular weight is 217 g/mol. The van der Waals surface area contributed by atoms with E-state index in [1.54, 1.807) is 0 Å². The standard InChI is InChI=1S/C14H19NO/c16-10-14(6-7-14)13-4-2-1-3-12(13)11-5-8-15-9-11/h1-4,11,15-16H,5-10H2. The van der Waals surface area contributed by atoms with Gasteiger partial charge >= 0.3 is 0 Å². The predicted octanol–water partition coefficient (Wildman–Crippen LogP) is 1.79. The van der Waals surface area contributed by atoms with Crippen molar-refractivity contribution in [1.29, 1.82) is 0 Å². The highest BCUT2D eigenvalue weighted by Crippen LogP contribution is 2.50. The third-order valence-electron chi connectivity index (χ3n) is 4.19. The van der Waals surface area contributed by atoms with Crippen molar-refractivity contribution in [1.82, 2.24) is 5.32 Å². The Balaban J connectivity index is 1.97. The van der Waals surface area contributed by atoms with Gasteiger partial charge in [0.15, 0.2) is 0 Å². The van der Waals surface area contributed by atoms with Crippen LogP contribution >= 0.6 is 0 Å². The molecule has 2 nitrogen and oxygen atoms in total. The molecule has 1 aliphatic heterocycles. The molecule has 3 rings (SSSR count). The van der Waals surface area contributed by atoms with Gasteiger partial charge in [-0.3, -0.25) is 0 Å². The zero-order valence-corrected chi connectivity index (χ0v) is 9.58. The number of nitrogens with one attached hydrogen (secondary N) is 1. The Labute approximate surface area is 96.7 Å². The summed E-state index contributed by atoms with van der Waals surface area (Å²) in [7, 11) is 0. The van der Waals surface area contributed by atoms with Crippen molar-refractivity contribution in [3.63, 3.8) is 0 Å². The molecule has 0 aromatic heterocycles. The van der Waals surface area contributed by atoms with Crippen LogP contribution in [0, 0.1) is 0 Å². The Kier molecular flexibility index (Phi) is 2.49. The molecule has 1 aliphatic carbocycles. The van der Waals surface area contributed by atoms with E-state index in [4.69, 9.17) is 0 Å². The van der Waals surface area contributed by atoms with Gasteiger partial charge < -0.3 is 10.4 Å². The summed E-state index contributed by atoms with van der Waals surface area (Å²) in [4.78, 5) is 0. The second-order valence-corrected chi connectivity index (χ2v) is 5.22. The number of benzene rings is 1. The van der Waals surface area contributed by atoms with Gasteiger partial charge in [0.25, 0.3) is 0 Å². The van der Waals surface area contributed by atoms with E-state index < -0.39 is 0 Å². The predicted molar refractivity (Wildman–Crippen MR) is 64.7 cm³/mol. The molecule has 1 unspecified atom stereocenters. The molecule has 1 heterocycles. The van der Waals surface area contributed by atoms with Crippen molar-refractivity contribution < 1.29 is 5.11 Å². The van der Waals surface area contributed by atoms with Gasteiger partial charge in [0.1, 0.15) is 0 Å². The van der Waals surface area contributed by atoms with Crippen LogP contribution in [0.1, 0.15) is 36.3 Å². The van der Waals surface area contributed by atoms with Gasteiger partial charge in [-0.15, -0.1) is 0 Å². The van der Waals surface area contributed by atoms with Gasteiger partial charge in [-0.2, -0.15) is 0 Å². The van der Waals surface area contributed by atoms with E-state index in [0.717, 1.165) is 25.9 Å². The lowest BCUT2D eigenvalue weighted by Crippen LogP contribution is -2.17. The highest BCUT2D eigenvalue weighted by atomic mass is 16.3. The summed E-state index contributed by atoms with van der Waals surface area (Å²) >= 11 is 0. The van der Waals surface area contributed by atoms with Crippen molar-refractivity contribution in [3.05, 3.63) is 35.4 Å². The zero-order valence-electron chi connectivity index (χ0n) is 9.58. The fourth-order valence-electron chi connectivity index (χ4n) is 2.92. The molecule has 0 radical (unpaired) electrons. The van der Waals surface area contributed by atoms with Crippen molar-refractivity contribution in [3.8, 4) is 0 Å². The van der Waals surface area contributed by atoms with E-state index >= 15 is 0 Å². The minimum absolute atomic E-state index is 0.110. The van der Waals surface area contributed by atoms with E-state index in [1.165, 1.54) is 17.5 Å². The van der Waals surface area contributed by atoms with Crippen molar-refractivity contribution in [2.24, 2.45) is 0 Å². The second-order valence-electron chi connectivity index (χ2n) is 5.22. The average Bonchev–Trinajstić information content (AvgIpc) is 2.95. The first kappa shape index (κ1) is 10.3. The summed E-state index contributed by atoms with van der Waals surface area (Å²) in [6.07, 6.45) is 3.54. The van der Waals surface area contributed by atoms with E-state index in [2.05, 4.69) is 29.6 Å². The molecule has 16 heavy (non-hydrogen) atoms. The Hall–Kier alpha value is -0.860. The number of hydrogen-bond acceptors (Lipinski definition) is 2. The van der Waals surface area contributed by atoms with Gasteiger partial charge in [-0.25, -0.2) is 0 Å². The first-order chi connectivity index (χ1) is 7.86. The van der Waals surface area contributed by atoms with Gasteiger partial charge in [-0.1, -0.05) is 24.3 Å². The second kappa shape index (κ2) is 3.86. The Morgan fingerprint density at radius 3 is 2.75 bits per heavy atom. The minimum atomic E-state index is 0.110. The zero-order chi connectivity index (χ0) is 11.0. The maximum absolute atomic E-state index is 9.56.